The first-order valence-corrected chi connectivity index (χ1v) is 6.06. The monoisotopic (exact) mass is 246 g/mol. The van der Waals surface area contributed by atoms with Crippen molar-refractivity contribution in [2.24, 2.45) is 0 Å². The van der Waals surface area contributed by atoms with Crippen molar-refractivity contribution in [1.29, 1.82) is 0 Å². The number of methoxy groups -OCH3 is 1. The molecule has 0 fully saturated rings. The van der Waals surface area contributed by atoms with Gasteiger partial charge in [0.15, 0.2) is 0 Å². The number of hydrogen-bond donors (Lipinski definition) is 1. The van der Waals surface area contributed by atoms with E-state index in [0.29, 0.717) is 11.6 Å². The molecule has 0 bridgehead atoms. The third-order valence-corrected chi connectivity index (χ3v) is 3.57. The van der Waals surface area contributed by atoms with E-state index in [4.69, 9.17) is 10.5 Å². The van der Waals surface area contributed by atoms with Crippen LogP contribution in [0.2, 0.25) is 0 Å². The molecule has 0 saturated carbocycles. The van der Waals surface area contributed by atoms with Crippen molar-refractivity contribution in [1.82, 2.24) is 4.98 Å². The first-order valence-electron chi connectivity index (χ1n) is 5.24. The van der Waals surface area contributed by atoms with Gasteiger partial charge in [0.1, 0.15) is 5.03 Å². The topological polar surface area (TPSA) is 48.1 Å². The Balaban J connectivity index is 2.32. The molecule has 1 aromatic heterocycles. The largest absolute Gasteiger partial charge is 0.481 e. The van der Waals surface area contributed by atoms with Crippen molar-refractivity contribution in [2.75, 3.05) is 12.8 Å². The van der Waals surface area contributed by atoms with Gasteiger partial charge in [-0.2, -0.15) is 0 Å². The molecule has 1 aromatic carbocycles. The maximum Gasteiger partial charge on any atom is 0.214 e. The van der Waals surface area contributed by atoms with Crippen LogP contribution in [0.25, 0.3) is 0 Å². The summed E-state index contributed by atoms with van der Waals surface area (Å²) in [6, 6.07) is 11.7. The Kier molecular flexibility index (Phi) is 3.54. The molecule has 1 heterocycles. The van der Waals surface area contributed by atoms with Crippen LogP contribution >= 0.6 is 11.8 Å². The smallest absolute Gasteiger partial charge is 0.214 e. The van der Waals surface area contributed by atoms with Crippen molar-refractivity contribution < 1.29 is 4.74 Å². The van der Waals surface area contributed by atoms with E-state index in [2.05, 4.69) is 24.0 Å². The second-order valence-corrected chi connectivity index (χ2v) is 4.65. The summed E-state index contributed by atoms with van der Waals surface area (Å²) in [6.07, 6.45) is 0. The summed E-state index contributed by atoms with van der Waals surface area (Å²) in [5.74, 6) is 0.579. The van der Waals surface area contributed by atoms with E-state index in [1.807, 2.05) is 18.2 Å². The van der Waals surface area contributed by atoms with Gasteiger partial charge in [-0.05, 0) is 24.6 Å². The van der Waals surface area contributed by atoms with Crippen molar-refractivity contribution >= 4 is 17.4 Å². The standard InChI is InChI=1S/C13H14N2OS/c1-9-5-3-4-6-11(9)17-13-10(14)7-8-12(15-13)16-2/h3-8H,14H2,1-2H3. The van der Waals surface area contributed by atoms with Gasteiger partial charge >= 0.3 is 0 Å². The lowest BCUT2D eigenvalue weighted by atomic mass is 10.2. The molecule has 0 saturated heterocycles. The normalized spacial score (nSPS) is 10.2. The molecule has 2 rings (SSSR count). The van der Waals surface area contributed by atoms with Crippen molar-refractivity contribution in [3.05, 3.63) is 42.0 Å². The molecule has 2 aromatic rings. The molecule has 0 aliphatic heterocycles. The Morgan fingerprint density at radius 1 is 1.18 bits per heavy atom. The fourth-order valence-electron chi connectivity index (χ4n) is 1.40. The molecule has 17 heavy (non-hydrogen) atoms. The molecule has 3 nitrogen and oxygen atoms in total. The van der Waals surface area contributed by atoms with Gasteiger partial charge in [0.25, 0.3) is 0 Å². The van der Waals surface area contributed by atoms with E-state index < -0.39 is 0 Å². The predicted molar refractivity (Wildman–Crippen MR) is 70.5 cm³/mol. The molecule has 4 heteroatoms. The van der Waals surface area contributed by atoms with Gasteiger partial charge in [0, 0.05) is 11.0 Å². The van der Waals surface area contributed by atoms with Crippen LogP contribution in [0.15, 0.2) is 46.3 Å². The van der Waals surface area contributed by atoms with Gasteiger partial charge < -0.3 is 10.5 Å². The van der Waals surface area contributed by atoms with E-state index in [1.54, 1.807) is 24.9 Å². The molecule has 0 radical (unpaired) electrons. The lowest BCUT2D eigenvalue weighted by Crippen LogP contribution is -1.95. The van der Waals surface area contributed by atoms with Gasteiger partial charge in [-0.15, -0.1) is 0 Å². The number of rotatable bonds is 3. The maximum atomic E-state index is 5.90. The molecule has 0 unspecified atom stereocenters. The number of hydrogen-bond acceptors (Lipinski definition) is 4. The molecule has 0 spiro atoms. The highest BCUT2D eigenvalue weighted by Crippen LogP contribution is 2.33. The van der Waals surface area contributed by atoms with Crippen LogP contribution in [0.4, 0.5) is 5.69 Å². The zero-order chi connectivity index (χ0) is 12.3. The Bertz CT molecular complexity index is 529. The highest BCUT2D eigenvalue weighted by Gasteiger charge is 2.07. The minimum Gasteiger partial charge on any atom is -0.481 e. The lowest BCUT2D eigenvalue weighted by molar-refractivity contribution is 0.395. The summed E-state index contributed by atoms with van der Waals surface area (Å²) in [6.45, 7) is 2.07. The van der Waals surface area contributed by atoms with Crippen LogP contribution in [-0.4, -0.2) is 12.1 Å². The van der Waals surface area contributed by atoms with Crippen molar-refractivity contribution in [3.63, 3.8) is 0 Å². The molecular formula is C13H14N2OS. The van der Waals surface area contributed by atoms with Gasteiger partial charge in [0.2, 0.25) is 5.88 Å². The number of nitrogens with zero attached hydrogens (tertiary/aromatic N) is 1. The van der Waals surface area contributed by atoms with E-state index in [9.17, 15) is 0 Å². The molecular weight excluding hydrogens is 232 g/mol. The minimum absolute atomic E-state index is 0.579. The average Bonchev–Trinajstić information content (AvgIpc) is 2.35. The third kappa shape index (κ3) is 2.71. The Labute approximate surface area is 105 Å². The van der Waals surface area contributed by atoms with Crippen LogP contribution in [0.5, 0.6) is 5.88 Å². The summed E-state index contributed by atoms with van der Waals surface area (Å²) in [5.41, 5.74) is 7.78. The molecule has 0 aliphatic carbocycles. The van der Waals surface area contributed by atoms with Gasteiger partial charge in [-0.1, -0.05) is 30.0 Å². The summed E-state index contributed by atoms with van der Waals surface area (Å²) in [7, 11) is 1.60. The molecule has 0 amide bonds. The van der Waals surface area contributed by atoms with Gasteiger partial charge in [-0.3, -0.25) is 0 Å². The summed E-state index contributed by atoms with van der Waals surface area (Å²) in [5, 5.41) is 0.777. The van der Waals surface area contributed by atoms with Gasteiger partial charge in [-0.25, -0.2) is 4.98 Å². The Hall–Kier alpha value is -1.68. The number of anilines is 1. The fraction of sp³-hybridized carbons (Fsp3) is 0.154. The second-order valence-electron chi connectivity index (χ2n) is 3.62. The number of nitrogen functional groups attached to an aromatic ring is 1. The highest BCUT2D eigenvalue weighted by atomic mass is 32.2. The van der Waals surface area contributed by atoms with E-state index >= 15 is 0 Å². The van der Waals surface area contributed by atoms with Crippen molar-refractivity contribution in [2.45, 2.75) is 16.8 Å². The highest BCUT2D eigenvalue weighted by molar-refractivity contribution is 7.99. The fourth-order valence-corrected chi connectivity index (χ4v) is 2.31. The number of nitrogens with two attached hydrogens (primary N) is 1. The number of aromatic nitrogens is 1. The van der Waals surface area contributed by atoms with Crippen LogP contribution in [0.1, 0.15) is 5.56 Å². The van der Waals surface area contributed by atoms with Crippen LogP contribution in [0.3, 0.4) is 0 Å². The van der Waals surface area contributed by atoms with Crippen molar-refractivity contribution in [3.8, 4) is 5.88 Å². The van der Waals surface area contributed by atoms with E-state index in [1.165, 1.54) is 5.56 Å². The first-order chi connectivity index (χ1) is 8.20. The summed E-state index contributed by atoms with van der Waals surface area (Å²) >= 11 is 1.55. The Morgan fingerprint density at radius 2 is 1.94 bits per heavy atom. The van der Waals surface area contributed by atoms with Gasteiger partial charge in [0.05, 0.1) is 12.8 Å². The summed E-state index contributed by atoms with van der Waals surface area (Å²) < 4.78 is 5.10. The molecule has 0 atom stereocenters. The number of pyridine rings is 1. The van der Waals surface area contributed by atoms with Crippen LogP contribution < -0.4 is 10.5 Å². The zero-order valence-corrected chi connectivity index (χ0v) is 10.6. The van der Waals surface area contributed by atoms with E-state index in [-0.39, 0.29) is 0 Å². The number of ether oxygens (including phenoxy) is 1. The zero-order valence-electron chi connectivity index (χ0n) is 9.81. The Morgan fingerprint density at radius 3 is 2.65 bits per heavy atom. The summed E-state index contributed by atoms with van der Waals surface area (Å²) in [4.78, 5) is 5.50. The second kappa shape index (κ2) is 5.10. The van der Waals surface area contributed by atoms with Crippen LogP contribution in [0, 0.1) is 6.92 Å². The molecule has 2 N–H and O–H groups in total. The maximum absolute atomic E-state index is 5.90. The van der Waals surface area contributed by atoms with Crippen LogP contribution in [-0.2, 0) is 0 Å². The minimum atomic E-state index is 0.579. The predicted octanol–water partition coefficient (Wildman–Crippen LogP) is 3.13. The SMILES string of the molecule is COc1ccc(N)c(Sc2ccccc2C)n1. The molecule has 0 aliphatic rings. The average molecular weight is 246 g/mol. The third-order valence-electron chi connectivity index (χ3n) is 2.37. The molecule has 88 valence electrons. The number of benzene rings is 1. The quantitative estimate of drug-likeness (QED) is 0.904. The van der Waals surface area contributed by atoms with E-state index in [0.717, 1.165) is 9.92 Å². The first kappa shape index (κ1) is 11.8. The number of aryl methyl sites for hydroxylation is 1. The lowest BCUT2D eigenvalue weighted by Gasteiger charge is -2.08.